The van der Waals surface area contributed by atoms with Crippen LogP contribution in [0, 0.1) is 11.3 Å². The molecule has 3 atom stereocenters. The standard InChI is InChI=1S/C18H28N2O3/c1-5-14-8-9-15(23-14)16(18(2,3)4)20-17(22)19-13-7-6-12(10-13)11-21/h6-9,12-13,16,21H,5,10-11H2,1-4H3,(H2,19,20,22)/t12-,13+,16-/m0/s1. The lowest BCUT2D eigenvalue weighted by atomic mass is 9.85. The number of aryl methyl sites for hydroxylation is 1. The molecule has 23 heavy (non-hydrogen) atoms. The van der Waals surface area contributed by atoms with Crippen LogP contribution in [0.3, 0.4) is 0 Å². The van der Waals surface area contributed by atoms with Crippen molar-refractivity contribution < 1.29 is 14.3 Å². The second kappa shape index (κ2) is 7.21. The number of nitrogens with one attached hydrogen (secondary N) is 2. The van der Waals surface area contributed by atoms with Gasteiger partial charge in [0.25, 0.3) is 0 Å². The van der Waals surface area contributed by atoms with Crippen molar-refractivity contribution in [1.29, 1.82) is 0 Å². The molecule has 0 aliphatic heterocycles. The Hall–Kier alpha value is -1.75. The first-order valence-electron chi connectivity index (χ1n) is 8.28. The number of carbonyl (C=O) groups is 1. The highest BCUT2D eigenvalue weighted by Gasteiger charge is 2.31. The number of furan rings is 1. The number of rotatable bonds is 5. The first-order chi connectivity index (χ1) is 10.8. The number of aliphatic hydroxyl groups excluding tert-OH is 1. The molecule has 0 unspecified atom stereocenters. The zero-order valence-electron chi connectivity index (χ0n) is 14.4. The monoisotopic (exact) mass is 320 g/mol. The first-order valence-corrected chi connectivity index (χ1v) is 8.28. The predicted molar refractivity (Wildman–Crippen MR) is 90.1 cm³/mol. The fourth-order valence-electron chi connectivity index (χ4n) is 2.81. The smallest absolute Gasteiger partial charge is 0.315 e. The van der Waals surface area contributed by atoms with Crippen LogP contribution < -0.4 is 10.6 Å². The molecular formula is C18H28N2O3. The molecule has 0 spiro atoms. The Bertz CT molecular complexity index is 557. The molecule has 0 saturated heterocycles. The molecule has 3 N–H and O–H groups in total. The highest BCUT2D eigenvalue weighted by atomic mass is 16.3. The largest absolute Gasteiger partial charge is 0.464 e. The van der Waals surface area contributed by atoms with Crippen molar-refractivity contribution in [3.05, 3.63) is 35.8 Å². The topological polar surface area (TPSA) is 74.5 Å². The third kappa shape index (κ3) is 4.61. The van der Waals surface area contributed by atoms with Gasteiger partial charge < -0.3 is 20.2 Å². The van der Waals surface area contributed by atoms with Gasteiger partial charge in [0.05, 0.1) is 6.04 Å². The number of aliphatic hydroxyl groups is 1. The molecule has 1 aliphatic rings. The Morgan fingerprint density at radius 1 is 1.39 bits per heavy atom. The number of amides is 2. The maximum absolute atomic E-state index is 12.3. The molecule has 0 aromatic carbocycles. The lowest BCUT2D eigenvalue weighted by molar-refractivity contribution is 0.203. The molecule has 1 heterocycles. The van der Waals surface area contributed by atoms with Crippen LogP contribution in [0.2, 0.25) is 0 Å². The van der Waals surface area contributed by atoms with Crippen molar-refractivity contribution >= 4 is 6.03 Å². The Labute approximate surface area is 138 Å². The summed E-state index contributed by atoms with van der Waals surface area (Å²) >= 11 is 0. The van der Waals surface area contributed by atoms with Crippen LogP contribution in [0.1, 0.15) is 51.7 Å². The van der Waals surface area contributed by atoms with Gasteiger partial charge in [0.1, 0.15) is 11.5 Å². The molecular weight excluding hydrogens is 292 g/mol. The van der Waals surface area contributed by atoms with Crippen LogP contribution in [0.4, 0.5) is 4.79 Å². The molecule has 2 amide bonds. The molecule has 0 fully saturated rings. The van der Waals surface area contributed by atoms with Crippen LogP contribution in [-0.4, -0.2) is 23.8 Å². The van der Waals surface area contributed by atoms with E-state index in [0.717, 1.165) is 24.4 Å². The molecule has 1 aliphatic carbocycles. The van der Waals surface area contributed by atoms with E-state index in [1.807, 2.05) is 31.2 Å². The zero-order chi connectivity index (χ0) is 17.0. The van der Waals surface area contributed by atoms with Crippen molar-refractivity contribution in [3.63, 3.8) is 0 Å². The second-order valence-electron chi connectivity index (χ2n) is 7.24. The van der Waals surface area contributed by atoms with E-state index < -0.39 is 0 Å². The lowest BCUT2D eigenvalue weighted by Crippen LogP contribution is -2.45. The van der Waals surface area contributed by atoms with E-state index in [1.54, 1.807) is 0 Å². The summed E-state index contributed by atoms with van der Waals surface area (Å²) in [5.41, 5.74) is -0.167. The minimum absolute atomic E-state index is 0.0319. The van der Waals surface area contributed by atoms with E-state index in [9.17, 15) is 4.79 Å². The summed E-state index contributed by atoms with van der Waals surface area (Å²) in [6, 6.07) is 3.44. The van der Waals surface area contributed by atoms with Crippen molar-refractivity contribution in [3.8, 4) is 0 Å². The minimum atomic E-state index is -0.215. The van der Waals surface area contributed by atoms with Gasteiger partial charge in [-0.3, -0.25) is 0 Å². The molecule has 0 bridgehead atoms. The van der Waals surface area contributed by atoms with Gasteiger partial charge in [-0.05, 0) is 24.0 Å². The van der Waals surface area contributed by atoms with Crippen molar-refractivity contribution in [2.75, 3.05) is 6.61 Å². The summed E-state index contributed by atoms with van der Waals surface area (Å²) in [6.45, 7) is 8.38. The minimum Gasteiger partial charge on any atom is -0.464 e. The van der Waals surface area contributed by atoms with Crippen molar-refractivity contribution in [1.82, 2.24) is 10.6 Å². The highest BCUT2D eigenvalue weighted by Crippen LogP contribution is 2.33. The molecule has 2 rings (SSSR count). The third-order valence-electron chi connectivity index (χ3n) is 4.18. The SMILES string of the molecule is CCc1ccc([C@H](NC(=O)N[C@@H]2C=C[C@H](CO)C2)C(C)(C)C)o1. The quantitative estimate of drug-likeness (QED) is 0.730. The van der Waals surface area contributed by atoms with Crippen LogP contribution in [0.25, 0.3) is 0 Å². The highest BCUT2D eigenvalue weighted by molar-refractivity contribution is 5.75. The number of hydrogen-bond acceptors (Lipinski definition) is 3. The van der Waals surface area contributed by atoms with Gasteiger partial charge in [-0.15, -0.1) is 0 Å². The van der Waals surface area contributed by atoms with E-state index in [2.05, 4.69) is 31.4 Å². The normalized spacial score (nSPS) is 22.1. The first kappa shape index (κ1) is 17.6. The van der Waals surface area contributed by atoms with Crippen LogP contribution in [0.15, 0.2) is 28.7 Å². The van der Waals surface area contributed by atoms with Crippen molar-refractivity contribution in [2.45, 2.75) is 52.6 Å². The molecule has 0 saturated carbocycles. The second-order valence-corrected chi connectivity index (χ2v) is 7.24. The average Bonchev–Trinajstić information content (AvgIpc) is 3.12. The van der Waals surface area contributed by atoms with E-state index in [4.69, 9.17) is 9.52 Å². The summed E-state index contributed by atoms with van der Waals surface area (Å²) < 4.78 is 5.84. The molecule has 1 aromatic rings. The maximum Gasteiger partial charge on any atom is 0.315 e. The van der Waals surface area contributed by atoms with Gasteiger partial charge >= 0.3 is 6.03 Å². The number of urea groups is 1. The van der Waals surface area contributed by atoms with Crippen LogP contribution >= 0.6 is 0 Å². The Kier molecular flexibility index (Phi) is 5.52. The summed E-state index contributed by atoms with van der Waals surface area (Å²) in [7, 11) is 0. The Morgan fingerprint density at radius 2 is 2.13 bits per heavy atom. The van der Waals surface area contributed by atoms with Gasteiger partial charge in [0.15, 0.2) is 0 Å². The number of carbonyl (C=O) groups excluding carboxylic acids is 1. The van der Waals surface area contributed by atoms with Crippen LogP contribution in [0.5, 0.6) is 0 Å². The average molecular weight is 320 g/mol. The van der Waals surface area contributed by atoms with Crippen molar-refractivity contribution in [2.24, 2.45) is 11.3 Å². The molecule has 5 heteroatoms. The van der Waals surface area contributed by atoms with Gasteiger partial charge in [-0.25, -0.2) is 4.79 Å². The summed E-state index contributed by atoms with van der Waals surface area (Å²) in [6.07, 6.45) is 5.46. The fraction of sp³-hybridized carbons (Fsp3) is 0.611. The zero-order valence-corrected chi connectivity index (χ0v) is 14.4. The van der Waals surface area contributed by atoms with E-state index in [1.165, 1.54) is 0 Å². The molecule has 0 radical (unpaired) electrons. The molecule has 128 valence electrons. The number of hydrogen-bond donors (Lipinski definition) is 3. The molecule has 5 nitrogen and oxygen atoms in total. The summed E-state index contributed by atoms with van der Waals surface area (Å²) in [5, 5.41) is 15.1. The summed E-state index contributed by atoms with van der Waals surface area (Å²) in [4.78, 5) is 12.3. The molecule has 1 aromatic heterocycles. The van der Waals surface area contributed by atoms with Gasteiger partial charge in [0, 0.05) is 25.0 Å². The van der Waals surface area contributed by atoms with Gasteiger partial charge in [-0.1, -0.05) is 39.8 Å². The maximum atomic E-state index is 12.3. The Morgan fingerprint density at radius 3 is 2.65 bits per heavy atom. The Balaban J connectivity index is 2.01. The van der Waals surface area contributed by atoms with Gasteiger partial charge in [-0.2, -0.15) is 0 Å². The summed E-state index contributed by atoms with van der Waals surface area (Å²) in [5.74, 6) is 1.83. The van der Waals surface area contributed by atoms with Gasteiger partial charge in [0.2, 0.25) is 0 Å². The predicted octanol–water partition coefficient (Wildman–Crippen LogP) is 3.17. The van der Waals surface area contributed by atoms with E-state index >= 15 is 0 Å². The van der Waals surface area contributed by atoms with Crippen LogP contribution in [-0.2, 0) is 6.42 Å². The van der Waals surface area contributed by atoms with E-state index in [-0.39, 0.29) is 36.1 Å². The fourth-order valence-corrected chi connectivity index (χ4v) is 2.81. The van der Waals surface area contributed by atoms with E-state index in [0.29, 0.717) is 0 Å². The third-order valence-corrected chi connectivity index (χ3v) is 4.18. The lowest BCUT2D eigenvalue weighted by Gasteiger charge is -2.30.